The molecule has 2 heteroatoms. The van der Waals surface area contributed by atoms with Crippen molar-refractivity contribution < 1.29 is 0 Å². The molecule has 1 heterocycles. The van der Waals surface area contributed by atoms with E-state index in [2.05, 4.69) is 52.4 Å². The molecule has 1 aliphatic rings. The van der Waals surface area contributed by atoms with Gasteiger partial charge in [-0.1, -0.05) is 30.3 Å². The van der Waals surface area contributed by atoms with Gasteiger partial charge in [0.25, 0.3) is 0 Å². The van der Waals surface area contributed by atoms with Gasteiger partial charge >= 0.3 is 0 Å². The molecule has 0 aromatic heterocycles. The molecule has 0 N–H and O–H groups in total. The van der Waals surface area contributed by atoms with E-state index in [0.717, 1.165) is 18.7 Å². The summed E-state index contributed by atoms with van der Waals surface area (Å²) >= 11 is 0. The van der Waals surface area contributed by atoms with Crippen LogP contribution in [0.5, 0.6) is 0 Å². The van der Waals surface area contributed by atoms with Crippen LogP contribution in [0.25, 0.3) is 0 Å². The first kappa shape index (κ1) is 10.1. The first-order valence-corrected chi connectivity index (χ1v) is 5.89. The van der Waals surface area contributed by atoms with Crippen LogP contribution in [0.4, 0.5) is 17.1 Å². The van der Waals surface area contributed by atoms with Crippen LogP contribution >= 0.6 is 0 Å². The minimum Gasteiger partial charge on any atom is -0.339 e. The molecule has 17 heavy (non-hydrogen) atoms. The largest absolute Gasteiger partial charge is 0.339 e. The second-order valence-corrected chi connectivity index (χ2v) is 4.08. The molecule has 2 aromatic carbocycles. The summed E-state index contributed by atoms with van der Waals surface area (Å²) in [6, 6.07) is 18.8. The molecule has 0 aliphatic carbocycles. The fourth-order valence-corrected chi connectivity index (χ4v) is 2.15. The zero-order chi connectivity index (χ0) is 11.5. The highest BCUT2D eigenvalue weighted by Crippen LogP contribution is 2.34. The van der Waals surface area contributed by atoms with E-state index < -0.39 is 0 Å². The molecule has 2 aromatic rings. The van der Waals surface area contributed by atoms with E-state index in [-0.39, 0.29) is 0 Å². The number of benzene rings is 2. The van der Waals surface area contributed by atoms with E-state index in [4.69, 9.17) is 0 Å². The summed E-state index contributed by atoms with van der Waals surface area (Å²) in [6.45, 7) is 0.977. The molecular weight excluding hydrogens is 208 g/mol. The molecule has 1 aliphatic heterocycles. The molecule has 0 radical (unpaired) electrons. The maximum absolute atomic E-state index is 4.50. The lowest BCUT2D eigenvalue weighted by molar-refractivity contribution is 0.986. The fraction of sp³-hybridized carbons (Fsp3) is 0.133. The first-order chi connectivity index (χ1) is 8.45. The third kappa shape index (κ3) is 1.94. The lowest BCUT2D eigenvalue weighted by Crippen LogP contribution is -2.17. The van der Waals surface area contributed by atoms with E-state index in [1.807, 2.05) is 18.3 Å². The van der Waals surface area contributed by atoms with Crippen molar-refractivity contribution in [1.82, 2.24) is 0 Å². The summed E-state index contributed by atoms with van der Waals surface area (Å²) in [6.07, 6.45) is 2.98. The van der Waals surface area contributed by atoms with Crippen molar-refractivity contribution in [1.29, 1.82) is 0 Å². The van der Waals surface area contributed by atoms with E-state index in [1.165, 1.54) is 11.4 Å². The van der Waals surface area contributed by atoms with Gasteiger partial charge in [-0.05, 0) is 24.3 Å². The Bertz CT molecular complexity index is 532. The molecule has 0 unspecified atom stereocenters. The average Bonchev–Trinajstić information content (AvgIpc) is 2.62. The van der Waals surface area contributed by atoms with Gasteiger partial charge in [-0.3, -0.25) is 4.99 Å². The van der Waals surface area contributed by atoms with Crippen LogP contribution in [0.15, 0.2) is 59.6 Å². The Kier molecular flexibility index (Phi) is 2.62. The Labute approximate surface area is 101 Å². The van der Waals surface area contributed by atoms with Crippen molar-refractivity contribution in [2.75, 3.05) is 11.4 Å². The summed E-state index contributed by atoms with van der Waals surface area (Å²) in [7, 11) is 0. The summed E-state index contributed by atoms with van der Waals surface area (Å²) in [5.74, 6) is 0. The quantitative estimate of drug-likeness (QED) is 0.713. The molecule has 0 saturated carbocycles. The Morgan fingerprint density at radius 3 is 2.53 bits per heavy atom. The molecule has 0 bridgehead atoms. The second-order valence-electron chi connectivity index (χ2n) is 4.08. The van der Waals surface area contributed by atoms with E-state index in [1.54, 1.807) is 0 Å². The van der Waals surface area contributed by atoms with Gasteiger partial charge in [-0.2, -0.15) is 0 Å². The smallest absolute Gasteiger partial charge is 0.0862 e. The van der Waals surface area contributed by atoms with Gasteiger partial charge in [-0.25, -0.2) is 0 Å². The number of para-hydroxylation sites is 3. The van der Waals surface area contributed by atoms with Crippen LogP contribution in [0.2, 0.25) is 0 Å². The fourth-order valence-electron chi connectivity index (χ4n) is 2.15. The number of anilines is 2. The standard InChI is InChI=1S/C15H14N2/c1-2-7-13(8-3-1)17-12-6-11-16-14-9-4-5-10-15(14)17/h1-5,7-11H,6,12H2. The third-order valence-electron chi connectivity index (χ3n) is 2.95. The number of fused-ring (bicyclic) bond motifs is 1. The lowest BCUT2D eigenvalue weighted by atomic mass is 10.2. The molecule has 0 spiro atoms. The van der Waals surface area contributed by atoms with Gasteiger partial charge in [0.1, 0.15) is 0 Å². The summed E-state index contributed by atoms with van der Waals surface area (Å²) < 4.78 is 0. The highest BCUT2D eigenvalue weighted by atomic mass is 15.1. The van der Waals surface area contributed by atoms with Crippen LogP contribution in [0.1, 0.15) is 6.42 Å². The first-order valence-electron chi connectivity index (χ1n) is 5.89. The van der Waals surface area contributed by atoms with Gasteiger partial charge in [-0.15, -0.1) is 0 Å². The zero-order valence-corrected chi connectivity index (χ0v) is 9.58. The topological polar surface area (TPSA) is 15.6 Å². The van der Waals surface area contributed by atoms with Crippen molar-refractivity contribution in [3.8, 4) is 0 Å². The number of aliphatic imine (C=N–C) groups is 1. The van der Waals surface area contributed by atoms with Crippen molar-refractivity contribution in [3.63, 3.8) is 0 Å². The maximum atomic E-state index is 4.50. The normalized spacial score (nSPS) is 14.2. The Hall–Kier alpha value is -2.09. The molecule has 0 atom stereocenters. The summed E-state index contributed by atoms with van der Waals surface area (Å²) in [5.41, 5.74) is 3.46. The predicted octanol–water partition coefficient (Wildman–Crippen LogP) is 3.93. The highest BCUT2D eigenvalue weighted by Gasteiger charge is 2.13. The second kappa shape index (κ2) is 4.42. The number of hydrogen-bond donors (Lipinski definition) is 0. The van der Waals surface area contributed by atoms with Gasteiger partial charge < -0.3 is 4.90 Å². The number of hydrogen-bond acceptors (Lipinski definition) is 2. The Morgan fingerprint density at radius 1 is 0.882 bits per heavy atom. The lowest BCUT2D eigenvalue weighted by Gasteiger charge is -2.24. The minimum atomic E-state index is 0.976. The average molecular weight is 222 g/mol. The van der Waals surface area contributed by atoms with E-state index in [9.17, 15) is 0 Å². The molecule has 3 rings (SSSR count). The van der Waals surface area contributed by atoms with Crippen LogP contribution in [0.3, 0.4) is 0 Å². The Morgan fingerprint density at radius 2 is 1.65 bits per heavy atom. The molecule has 0 fully saturated rings. The SMILES string of the molecule is C1=Nc2ccccc2N(c2ccccc2)CC1. The third-order valence-corrected chi connectivity index (χ3v) is 2.95. The summed E-state index contributed by atoms with van der Waals surface area (Å²) in [4.78, 5) is 6.82. The molecule has 84 valence electrons. The maximum Gasteiger partial charge on any atom is 0.0862 e. The van der Waals surface area contributed by atoms with Crippen LogP contribution in [-0.4, -0.2) is 12.8 Å². The van der Waals surface area contributed by atoms with Crippen LogP contribution < -0.4 is 4.90 Å². The molecule has 2 nitrogen and oxygen atoms in total. The number of rotatable bonds is 1. The molecular formula is C15H14N2. The van der Waals surface area contributed by atoms with Crippen LogP contribution in [0, 0.1) is 0 Å². The zero-order valence-electron chi connectivity index (χ0n) is 9.58. The molecule has 0 saturated heterocycles. The van der Waals surface area contributed by atoms with Crippen LogP contribution in [-0.2, 0) is 0 Å². The molecule has 0 amide bonds. The van der Waals surface area contributed by atoms with E-state index >= 15 is 0 Å². The van der Waals surface area contributed by atoms with Gasteiger partial charge in [0.05, 0.1) is 11.4 Å². The van der Waals surface area contributed by atoms with Crippen molar-refractivity contribution in [2.45, 2.75) is 6.42 Å². The van der Waals surface area contributed by atoms with Crippen molar-refractivity contribution in [3.05, 3.63) is 54.6 Å². The monoisotopic (exact) mass is 222 g/mol. The van der Waals surface area contributed by atoms with Gasteiger partial charge in [0, 0.05) is 24.9 Å². The van der Waals surface area contributed by atoms with Gasteiger partial charge in [0.2, 0.25) is 0 Å². The Balaban J connectivity index is 2.09. The summed E-state index contributed by atoms with van der Waals surface area (Å²) in [5, 5.41) is 0. The van der Waals surface area contributed by atoms with Gasteiger partial charge in [0.15, 0.2) is 0 Å². The number of nitrogens with zero attached hydrogens (tertiary/aromatic N) is 2. The van der Waals surface area contributed by atoms with Crippen molar-refractivity contribution in [2.24, 2.45) is 4.99 Å². The van der Waals surface area contributed by atoms with E-state index in [0.29, 0.717) is 0 Å². The predicted molar refractivity (Wildman–Crippen MR) is 72.7 cm³/mol. The minimum absolute atomic E-state index is 0.976. The van der Waals surface area contributed by atoms with Crippen molar-refractivity contribution >= 4 is 23.3 Å². The highest BCUT2D eigenvalue weighted by molar-refractivity contribution is 5.80.